The Morgan fingerprint density at radius 2 is 2.14 bits per heavy atom. The van der Waals surface area contributed by atoms with E-state index in [-0.39, 0.29) is 17.2 Å². The first-order chi connectivity index (χ1) is 13.4. The lowest BCUT2D eigenvalue weighted by molar-refractivity contribution is -0.114. The van der Waals surface area contributed by atoms with Crippen LogP contribution in [0.15, 0.2) is 35.4 Å². The summed E-state index contributed by atoms with van der Waals surface area (Å²) in [5, 5.41) is 14.4. The second kappa shape index (κ2) is 7.06. The molecule has 0 saturated carbocycles. The highest BCUT2D eigenvalue weighted by molar-refractivity contribution is 7.10. The third kappa shape index (κ3) is 3.35. The van der Waals surface area contributed by atoms with Gasteiger partial charge in [-0.25, -0.2) is 0 Å². The fourth-order valence-corrected chi connectivity index (χ4v) is 3.56. The summed E-state index contributed by atoms with van der Waals surface area (Å²) in [6.45, 7) is 1.34. The molecule has 9 nitrogen and oxygen atoms in total. The number of H-pyrrole nitrogens is 1. The van der Waals surface area contributed by atoms with Gasteiger partial charge in [0.05, 0.1) is 22.4 Å². The van der Waals surface area contributed by atoms with Crippen molar-refractivity contribution in [3.63, 3.8) is 0 Å². The molecule has 1 aromatic carbocycles. The molecule has 3 aromatic heterocycles. The van der Waals surface area contributed by atoms with Crippen molar-refractivity contribution in [2.45, 2.75) is 6.92 Å². The van der Waals surface area contributed by atoms with Crippen molar-refractivity contribution in [1.29, 1.82) is 0 Å². The lowest BCUT2D eigenvalue weighted by atomic mass is 10.2. The summed E-state index contributed by atoms with van der Waals surface area (Å²) in [5.74, 6) is 0.0994. The normalized spacial score (nSPS) is 11.0. The van der Waals surface area contributed by atoms with E-state index in [9.17, 15) is 9.59 Å². The number of aryl methyl sites for hydroxylation is 1. The van der Waals surface area contributed by atoms with E-state index in [0.29, 0.717) is 27.2 Å². The fourth-order valence-electron chi connectivity index (χ4n) is 2.70. The molecular formula is C17H14ClN7O2S. The Kier molecular flexibility index (Phi) is 4.57. The molecule has 0 saturated heterocycles. The first kappa shape index (κ1) is 18.1. The van der Waals surface area contributed by atoms with Crippen LogP contribution in [0.5, 0.6) is 0 Å². The molecule has 0 atom stereocenters. The molecule has 3 heterocycles. The molecular weight excluding hydrogens is 402 g/mol. The Morgan fingerprint density at radius 3 is 2.93 bits per heavy atom. The summed E-state index contributed by atoms with van der Waals surface area (Å²) in [5.41, 5.74) is 1.98. The quantitative estimate of drug-likeness (QED) is 0.471. The van der Waals surface area contributed by atoms with Crippen LogP contribution in [0, 0.1) is 0 Å². The molecule has 0 radical (unpaired) electrons. The first-order valence-corrected chi connectivity index (χ1v) is 9.28. The molecule has 11 heteroatoms. The number of carbonyl (C=O) groups is 1. The average Bonchev–Trinajstić information content (AvgIpc) is 3.30. The van der Waals surface area contributed by atoms with Crippen molar-refractivity contribution < 1.29 is 4.79 Å². The van der Waals surface area contributed by atoms with Crippen LogP contribution in [-0.4, -0.2) is 30.0 Å². The van der Waals surface area contributed by atoms with E-state index in [2.05, 4.69) is 30.2 Å². The van der Waals surface area contributed by atoms with Crippen molar-refractivity contribution in [3.05, 3.63) is 46.0 Å². The average molecular weight is 416 g/mol. The van der Waals surface area contributed by atoms with E-state index < -0.39 is 0 Å². The van der Waals surface area contributed by atoms with Gasteiger partial charge in [0, 0.05) is 42.7 Å². The molecule has 4 rings (SSSR count). The van der Waals surface area contributed by atoms with Crippen LogP contribution < -0.4 is 16.2 Å². The van der Waals surface area contributed by atoms with Crippen molar-refractivity contribution in [3.8, 4) is 11.4 Å². The van der Waals surface area contributed by atoms with E-state index in [1.807, 2.05) is 12.1 Å². The minimum absolute atomic E-state index is 0.172. The summed E-state index contributed by atoms with van der Waals surface area (Å²) >= 11 is 7.58. The molecule has 0 aliphatic carbocycles. The van der Waals surface area contributed by atoms with Crippen LogP contribution in [0.3, 0.4) is 0 Å². The maximum atomic E-state index is 12.1. The standard InChI is InChI=1S/C17H14ClN7O2S/c1-8(26)20-13-5-9(7-25(2)16(13)27)15-22-17(28-24-15)21-12-4-3-11-10(14(12)18)6-19-23-11/h3-7H,1-2H3,(H,19,23)(H,20,26)(H,21,22,24). The van der Waals surface area contributed by atoms with Crippen molar-refractivity contribution in [2.24, 2.45) is 7.05 Å². The molecule has 1 amide bonds. The number of pyridine rings is 1. The summed E-state index contributed by atoms with van der Waals surface area (Å²) < 4.78 is 5.71. The monoisotopic (exact) mass is 415 g/mol. The number of nitrogens with zero attached hydrogens (tertiary/aromatic N) is 4. The molecule has 0 bridgehead atoms. The van der Waals surface area contributed by atoms with Gasteiger partial charge in [-0.15, -0.1) is 0 Å². The van der Waals surface area contributed by atoms with Crippen LogP contribution in [0.1, 0.15) is 6.92 Å². The van der Waals surface area contributed by atoms with E-state index in [0.717, 1.165) is 22.4 Å². The molecule has 0 aliphatic rings. The number of aromatic amines is 1. The van der Waals surface area contributed by atoms with Crippen LogP contribution in [0.25, 0.3) is 22.3 Å². The lowest BCUT2D eigenvalue weighted by Crippen LogP contribution is -2.22. The van der Waals surface area contributed by atoms with Gasteiger partial charge >= 0.3 is 0 Å². The van der Waals surface area contributed by atoms with Gasteiger partial charge in [0.2, 0.25) is 11.0 Å². The van der Waals surface area contributed by atoms with Gasteiger partial charge in [0.25, 0.3) is 5.56 Å². The van der Waals surface area contributed by atoms with Crippen molar-refractivity contribution in [2.75, 3.05) is 10.6 Å². The number of halogens is 1. The Bertz CT molecular complexity index is 1260. The fraction of sp³-hybridized carbons (Fsp3) is 0.118. The van der Waals surface area contributed by atoms with Gasteiger partial charge in [0.15, 0.2) is 5.82 Å². The number of aromatic nitrogens is 5. The second-order valence-corrected chi connectivity index (χ2v) is 7.18. The summed E-state index contributed by atoms with van der Waals surface area (Å²) in [4.78, 5) is 27.9. The molecule has 4 aromatic rings. The third-order valence-electron chi connectivity index (χ3n) is 3.98. The Labute approximate surface area is 167 Å². The zero-order valence-corrected chi connectivity index (χ0v) is 16.4. The number of fused-ring (bicyclic) bond motifs is 1. The zero-order valence-electron chi connectivity index (χ0n) is 14.8. The van der Waals surface area contributed by atoms with Crippen molar-refractivity contribution >= 4 is 56.4 Å². The van der Waals surface area contributed by atoms with Crippen LogP contribution in [0.2, 0.25) is 5.02 Å². The van der Waals surface area contributed by atoms with Gasteiger partial charge in [-0.05, 0) is 18.2 Å². The Hall–Kier alpha value is -3.24. The van der Waals surface area contributed by atoms with Gasteiger partial charge in [0.1, 0.15) is 5.69 Å². The number of carbonyl (C=O) groups excluding carboxylic acids is 1. The minimum Gasteiger partial charge on any atom is -0.329 e. The topological polar surface area (TPSA) is 118 Å². The number of nitrogens with one attached hydrogen (secondary N) is 3. The van der Waals surface area contributed by atoms with Crippen molar-refractivity contribution in [1.82, 2.24) is 24.1 Å². The zero-order chi connectivity index (χ0) is 19.8. The molecule has 0 unspecified atom stereocenters. The minimum atomic E-state index is -0.327. The number of rotatable bonds is 4. The highest BCUT2D eigenvalue weighted by Gasteiger charge is 2.14. The van der Waals surface area contributed by atoms with E-state index in [1.54, 1.807) is 25.5 Å². The van der Waals surface area contributed by atoms with E-state index >= 15 is 0 Å². The predicted octanol–water partition coefficient (Wildman–Crippen LogP) is 3.14. The number of amides is 1. The lowest BCUT2D eigenvalue weighted by Gasteiger charge is -2.07. The summed E-state index contributed by atoms with van der Waals surface area (Å²) in [6.07, 6.45) is 3.27. The largest absolute Gasteiger partial charge is 0.329 e. The van der Waals surface area contributed by atoms with E-state index in [4.69, 9.17) is 11.6 Å². The van der Waals surface area contributed by atoms with E-state index in [1.165, 1.54) is 11.5 Å². The molecule has 0 spiro atoms. The summed E-state index contributed by atoms with van der Waals surface area (Å²) in [6, 6.07) is 5.25. The van der Waals surface area contributed by atoms with Gasteiger partial charge in [-0.3, -0.25) is 14.7 Å². The number of hydrogen-bond acceptors (Lipinski definition) is 7. The highest BCUT2D eigenvalue weighted by atomic mass is 35.5. The van der Waals surface area contributed by atoms with Crippen LogP contribution in [-0.2, 0) is 11.8 Å². The second-order valence-electron chi connectivity index (χ2n) is 6.05. The molecule has 0 fully saturated rings. The number of hydrogen-bond donors (Lipinski definition) is 3. The van der Waals surface area contributed by atoms with Crippen LogP contribution in [0.4, 0.5) is 16.5 Å². The molecule has 0 aliphatic heterocycles. The SMILES string of the molecule is CC(=O)Nc1cc(-c2nsc(Nc3ccc4[nH]ncc4c3Cl)n2)cn(C)c1=O. The first-order valence-electron chi connectivity index (χ1n) is 8.13. The van der Waals surface area contributed by atoms with Crippen LogP contribution >= 0.6 is 23.1 Å². The highest BCUT2D eigenvalue weighted by Crippen LogP contribution is 2.33. The summed E-state index contributed by atoms with van der Waals surface area (Å²) in [7, 11) is 1.60. The molecule has 142 valence electrons. The molecule has 3 N–H and O–H groups in total. The van der Waals surface area contributed by atoms with Gasteiger partial charge in [-0.1, -0.05) is 11.6 Å². The smallest absolute Gasteiger partial charge is 0.274 e. The van der Waals surface area contributed by atoms with Gasteiger partial charge < -0.3 is 15.2 Å². The van der Waals surface area contributed by atoms with Gasteiger partial charge in [-0.2, -0.15) is 14.5 Å². The Morgan fingerprint density at radius 1 is 1.32 bits per heavy atom. The molecule has 28 heavy (non-hydrogen) atoms. The maximum absolute atomic E-state index is 12.1. The predicted molar refractivity (Wildman–Crippen MR) is 109 cm³/mol. The number of anilines is 3. The maximum Gasteiger partial charge on any atom is 0.274 e. The number of benzene rings is 1. The third-order valence-corrected chi connectivity index (χ3v) is 5.02. The Balaban J connectivity index is 1.66.